The Balaban J connectivity index is 2.03. The van der Waals surface area contributed by atoms with Gasteiger partial charge in [-0.1, -0.05) is 20.8 Å². The molecule has 0 aromatic heterocycles. The molecule has 0 aromatic carbocycles. The van der Waals surface area contributed by atoms with Crippen molar-refractivity contribution in [2.24, 2.45) is 11.3 Å². The van der Waals surface area contributed by atoms with E-state index in [0.29, 0.717) is 11.8 Å². The Bertz CT molecular complexity index is 420. The number of hydrogen-bond donors (Lipinski definition) is 1. The molecule has 5 nitrogen and oxygen atoms in total. The molecule has 1 N–H and O–H groups in total. The zero-order valence-electron chi connectivity index (χ0n) is 14.2. The third-order valence-electron chi connectivity index (χ3n) is 4.39. The molecule has 2 fully saturated rings. The van der Waals surface area contributed by atoms with Crippen LogP contribution in [-0.4, -0.2) is 66.0 Å². The molecule has 126 valence electrons. The Morgan fingerprint density at radius 3 is 2.68 bits per heavy atom. The summed E-state index contributed by atoms with van der Waals surface area (Å²) in [6.45, 7) is 8.36. The van der Waals surface area contributed by atoms with Crippen LogP contribution in [0.5, 0.6) is 0 Å². The fourth-order valence-electron chi connectivity index (χ4n) is 3.21. The molecule has 0 aromatic rings. The lowest BCUT2D eigenvalue weighted by Gasteiger charge is -2.37. The Labute approximate surface area is 138 Å². The number of nitrogens with zero attached hydrogens (tertiary/aromatic N) is 2. The van der Waals surface area contributed by atoms with Crippen LogP contribution in [0, 0.1) is 11.3 Å². The van der Waals surface area contributed by atoms with E-state index < -0.39 is 5.41 Å². The van der Waals surface area contributed by atoms with Crippen molar-refractivity contribution in [1.82, 2.24) is 15.1 Å². The van der Waals surface area contributed by atoms with Crippen LogP contribution in [0.3, 0.4) is 0 Å². The van der Waals surface area contributed by atoms with Crippen molar-refractivity contribution >= 4 is 23.6 Å². The van der Waals surface area contributed by atoms with Crippen LogP contribution in [0.1, 0.15) is 33.6 Å². The number of piperidine rings is 1. The van der Waals surface area contributed by atoms with Crippen molar-refractivity contribution in [1.29, 1.82) is 0 Å². The molecule has 0 spiro atoms. The molecular formula is C16H29N3O2S. The summed E-state index contributed by atoms with van der Waals surface area (Å²) in [7, 11) is 1.96. The lowest BCUT2D eigenvalue weighted by atomic mass is 9.94. The van der Waals surface area contributed by atoms with Gasteiger partial charge in [-0.3, -0.25) is 9.59 Å². The summed E-state index contributed by atoms with van der Waals surface area (Å²) in [5.41, 5.74) is -0.431. The van der Waals surface area contributed by atoms with Crippen molar-refractivity contribution in [3.05, 3.63) is 0 Å². The molecule has 0 aliphatic carbocycles. The van der Waals surface area contributed by atoms with Gasteiger partial charge >= 0.3 is 0 Å². The summed E-state index contributed by atoms with van der Waals surface area (Å²) in [5.74, 6) is 2.13. The molecule has 2 unspecified atom stereocenters. The Hall–Kier alpha value is -0.750. The van der Waals surface area contributed by atoms with Crippen LogP contribution >= 0.6 is 11.8 Å². The minimum Gasteiger partial charge on any atom is -0.341 e. The number of hydrogen-bond acceptors (Lipinski definition) is 4. The molecule has 6 heteroatoms. The van der Waals surface area contributed by atoms with E-state index in [9.17, 15) is 9.59 Å². The first-order valence-electron chi connectivity index (χ1n) is 8.16. The topological polar surface area (TPSA) is 52.7 Å². The Morgan fingerprint density at radius 2 is 2.05 bits per heavy atom. The molecule has 0 bridgehead atoms. The minimum atomic E-state index is -0.431. The number of likely N-dealkylation sites (tertiary alicyclic amines) is 1. The van der Waals surface area contributed by atoms with Crippen molar-refractivity contribution < 1.29 is 9.59 Å². The first-order chi connectivity index (χ1) is 10.3. The zero-order chi connectivity index (χ0) is 16.3. The fourth-order valence-corrected chi connectivity index (χ4v) is 4.35. The number of amides is 2. The SMILES string of the molecule is CNCC1CCCN(C(=O)C2CSCN2C(=O)C(C)(C)C)C1. The second-order valence-corrected chi connectivity index (χ2v) is 8.39. The molecule has 2 aliphatic rings. The van der Waals surface area contributed by atoms with E-state index in [2.05, 4.69) is 5.32 Å². The monoisotopic (exact) mass is 327 g/mol. The van der Waals surface area contributed by atoms with Gasteiger partial charge in [0.05, 0.1) is 5.88 Å². The second-order valence-electron chi connectivity index (χ2n) is 7.39. The molecule has 2 rings (SSSR count). The first-order valence-corrected chi connectivity index (χ1v) is 9.32. The third-order valence-corrected chi connectivity index (χ3v) is 5.41. The van der Waals surface area contributed by atoms with Gasteiger partial charge in [-0.25, -0.2) is 0 Å². The zero-order valence-corrected chi connectivity index (χ0v) is 15.0. The van der Waals surface area contributed by atoms with Gasteiger partial charge in [0, 0.05) is 24.3 Å². The van der Waals surface area contributed by atoms with Crippen LogP contribution < -0.4 is 5.32 Å². The van der Waals surface area contributed by atoms with Crippen LogP contribution in [-0.2, 0) is 9.59 Å². The highest BCUT2D eigenvalue weighted by Crippen LogP contribution is 2.29. The van der Waals surface area contributed by atoms with Gasteiger partial charge in [0.1, 0.15) is 6.04 Å². The van der Waals surface area contributed by atoms with Gasteiger partial charge in [0.25, 0.3) is 0 Å². The van der Waals surface area contributed by atoms with E-state index in [-0.39, 0.29) is 17.9 Å². The minimum absolute atomic E-state index is 0.0830. The van der Waals surface area contributed by atoms with Crippen LogP contribution in [0.4, 0.5) is 0 Å². The normalized spacial score (nSPS) is 26.4. The average molecular weight is 327 g/mol. The predicted molar refractivity (Wildman–Crippen MR) is 90.6 cm³/mol. The van der Waals surface area contributed by atoms with E-state index in [0.717, 1.165) is 31.8 Å². The Morgan fingerprint density at radius 1 is 1.32 bits per heavy atom. The fraction of sp³-hybridized carbons (Fsp3) is 0.875. The molecule has 2 saturated heterocycles. The first kappa shape index (κ1) is 17.6. The number of carbonyl (C=O) groups excluding carboxylic acids is 2. The predicted octanol–water partition coefficient (Wildman–Crippen LogP) is 1.39. The van der Waals surface area contributed by atoms with Gasteiger partial charge in [-0.15, -0.1) is 11.8 Å². The van der Waals surface area contributed by atoms with Gasteiger partial charge in [-0.05, 0) is 32.4 Å². The quantitative estimate of drug-likeness (QED) is 0.851. The van der Waals surface area contributed by atoms with E-state index in [1.165, 1.54) is 6.42 Å². The van der Waals surface area contributed by atoms with Crippen molar-refractivity contribution in [3.8, 4) is 0 Å². The van der Waals surface area contributed by atoms with Gasteiger partial charge in [-0.2, -0.15) is 0 Å². The number of nitrogens with one attached hydrogen (secondary N) is 1. The summed E-state index contributed by atoms with van der Waals surface area (Å²) in [4.78, 5) is 29.2. The second kappa shape index (κ2) is 7.21. The summed E-state index contributed by atoms with van der Waals surface area (Å²) < 4.78 is 0. The highest BCUT2D eigenvalue weighted by molar-refractivity contribution is 7.99. The molecule has 0 saturated carbocycles. The highest BCUT2D eigenvalue weighted by Gasteiger charge is 2.41. The van der Waals surface area contributed by atoms with Gasteiger partial charge in [0.15, 0.2) is 0 Å². The lowest BCUT2D eigenvalue weighted by molar-refractivity contribution is -0.148. The maximum atomic E-state index is 12.9. The van der Waals surface area contributed by atoms with Crippen molar-refractivity contribution in [2.45, 2.75) is 39.7 Å². The third kappa shape index (κ3) is 3.96. The van der Waals surface area contributed by atoms with Crippen molar-refractivity contribution in [3.63, 3.8) is 0 Å². The molecular weight excluding hydrogens is 298 g/mol. The van der Waals surface area contributed by atoms with E-state index in [4.69, 9.17) is 0 Å². The molecule has 0 radical (unpaired) electrons. The lowest BCUT2D eigenvalue weighted by Crippen LogP contribution is -2.54. The van der Waals surface area contributed by atoms with Crippen molar-refractivity contribution in [2.75, 3.05) is 38.3 Å². The van der Waals surface area contributed by atoms with Gasteiger partial charge < -0.3 is 15.1 Å². The van der Waals surface area contributed by atoms with Crippen LogP contribution in [0.25, 0.3) is 0 Å². The summed E-state index contributed by atoms with van der Waals surface area (Å²) in [6, 6.07) is -0.273. The molecule has 2 aliphatic heterocycles. The Kier molecular flexibility index (Phi) is 5.77. The molecule has 22 heavy (non-hydrogen) atoms. The maximum Gasteiger partial charge on any atom is 0.246 e. The molecule has 2 heterocycles. The standard InChI is InChI=1S/C16H29N3O2S/c1-16(2,3)15(21)19-11-22-10-13(19)14(20)18-7-5-6-12(9-18)8-17-4/h12-13,17H,5-11H2,1-4H3. The molecule has 2 amide bonds. The number of thioether (sulfide) groups is 1. The molecule has 2 atom stereocenters. The van der Waals surface area contributed by atoms with Crippen LogP contribution in [0.15, 0.2) is 0 Å². The highest BCUT2D eigenvalue weighted by atomic mass is 32.2. The number of rotatable bonds is 3. The number of carbonyl (C=O) groups is 2. The summed E-state index contributed by atoms with van der Waals surface area (Å²) in [6.07, 6.45) is 2.24. The van der Waals surface area contributed by atoms with E-state index in [1.54, 1.807) is 16.7 Å². The maximum absolute atomic E-state index is 12.9. The van der Waals surface area contributed by atoms with Crippen LogP contribution in [0.2, 0.25) is 0 Å². The van der Waals surface area contributed by atoms with E-state index >= 15 is 0 Å². The summed E-state index contributed by atoms with van der Waals surface area (Å²) >= 11 is 1.68. The average Bonchev–Trinajstić information content (AvgIpc) is 2.94. The smallest absolute Gasteiger partial charge is 0.246 e. The summed E-state index contributed by atoms with van der Waals surface area (Å²) in [5, 5.41) is 3.21. The van der Waals surface area contributed by atoms with Gasteiger partial charge in [0.2, 0.25) is 11.8 Å². The van der Waals surface area contributed by atoms with E-state index in [1.807, 2.05) is 32.7 Å². The largest absolute Gasteiger partial charge is 0.341 e.